The van der Waals surface area contributed by atoms with Gasteiger partial charge in [-0.3, -0.25) is 14.5 Å². The van der Waals surface area contributed by atoms with E-state index in [2.05, 4.69) is 24.0 Å². The molecule has 1 unspecified atom stereocenters. The van der Waals surface area contributed by atoms with Crippen LogP contribution in [0.25, 0.3) is 11.0 Å². The second-order valence-corrected chi connectivity index (χ2v) is 9.55. The van der Waals surface area contributed by atoms with Crippen molar-refractivity contribution in [3.05, 3.63) is 85.2 Å². The molecule has 0 saturated carbocycles. The predicted octanol–water partition coefficient (Wildman–Crippen LogP) is 5.53. The average molecular weight is 460 g/mol. The summed E-state index contributed by atoms with van der Waals surface area (Å²) in [5.74, 6) is -0.265. The molecule has 33 heavy (non-hydrogen) atoms. The molecule has 0 aliphatic carbocycles. The van der Waals surface area contributed by atoms with E-state index in [0.29, 0.717) is 21.7 Å². The molecule has 0 fully saturated rings. The van der Waals surface area contributed by atoms with Crippen LogP contribution in [0.4, 0.5) is 5.13 Å². The van der Waals surface area contributed by atoms with Crippen LogP contribution >= 0.6 is 11.3 Å². The summed E-state index contributed by atoms with van der Waals surface area (Å²) >= 11 is 1.39. The van der Waals surface area contributed by atoms with Crippen molar-refractivity contribution in [3.63, 3.8) is 0 Å². The van der Waals surface area contributed by atoms with E-state index in [1.807, 2.05) is 50.2 Å². The van der Waals surface area contributed by atoms with Gasteiger partial charge >= 0.3 is 0 Å². The molecule has 2 aromatic carbocycles. The molecule has 6 nitrogen and oxygen atoms in total. The van der Waals surface area contributed by atoms with E-state index in [1.165, 1.54) is 16.9 Å². The number of amides is 1. The van der Waals surface area contributed by atoms with Crippen molar-refractivity contribution in [2.45, 2.75) is 53.0 Å². The third-order valence-electron chi connectivity index (χ3n) is 6.32. The second-order valence-electron chi connectivity index (χ2n) is 8.51. The zero-order valence-corrected chi connectivity index (χ0v) is 20.0. The van der Waals surface area contributed by atoms with E-state index >= 15 is 0 Å². The Hall–Kier alpha value is -3.32. The van der Waals surface area contributed by atoms with Crippen LogP contribution in [0.5, 0.6) is 0 Å². The number of carbonyl (C=O) groups is 1. The summed E-state index contributed by atoms with van der Waals surface area (Å²) in [6.07, 6.45) is 2.64. The Morgan fingerprint density at radius 1 is 1.03 bits per heavy atom. The summed E-state index contributed by atoms with van der Waals surface area (Å²) in [6, 6.07) is 11.1. The lowest BCUT2D eigenvalue weighted by atomic mass is 9.96. The minimum Gasteiger partial charge on any atom is -0.450 e. The Morgan fingerprint density at radius 2 is 1.76 bits per heavy atom. The molecule has 3 heterocycles. The third kappa shape index (κ3) is 3.47. The molecule has 168 valence electrons. The van der Waals surface area contributed by atoms with E-state index in [0.717, 1.165) is 41.0 Å². The number of hydrogen-bond donors (Lipinski definition) is 0. The van der Waals surface area contributed by atoms with Crippen LogP contribution in [0.2, 0.25) is 0 Å². The molecule has 0 radical (unpaired) electrons. The van der Waals surface area contributed by atoms with Crippen molar-refractivity contribution >= 4 is 33.3 Å². The Morgan fingerprint density at radius 3 is 2.45 bits per heavy atom. The fraction of sp³-hybridized carbons (Fsp3) is 0.308. The molecule has 1 amide bonds. The maximum atomic E-state index is 13.7. The smallest absolute Gasteiger partial charge is 0.297 e. The van der Waals surface area contributed by atoms with Crippen LogP contribution in [-0.4, -0.2) is 16.1 Å². The van der Waals surface area contributed by atoms with E-state index in [-0.39, 0.29) is 17.1 Å². The van der Waals surface area contributed by atoms with E-state index in [9.17, 15) is 9.59 Å². The lowest BCUT2D eigenvalue weighted by Crippen LogP contribution is -2.29. The van der Waals surface area contributed by atoms with E-state index in [1.54, 1.807) is 4.90 Å². The minimum absolute atomic E-state index is 0.0903. The van der Waals surface area contributed by atoms with Crippen molar-refractivity contribution in [3.8, 4) is 0 Å². The van der Waals surface area contributed by atoms with Crippen molar-refractivity contribution in [2.24, 2.45) is 0 Å². The summed E-state index contributed by atoms with van der Waals surface area (Å²) in [4.78, 5) is 29.0. The Bertz CT molecular complexity index is 1440. The van der Waals surface area contributed by atoms with Gasteiger partial charge < -0.3 is 4.42 Å². The van der Waals surface area contributed by atoms with Gasteiger partial charge in [-0.1, -0.05) is 49.4 Å². The standard InChI is InChI=1S/C26H25N3O3S/c1-5-7-20-27-28-26(33-20)29-22(17-10-8-16(6-2)9-11-17)21-23(30)18-12-14(3)15(4)13-19(18)32-24(21)25(29)31/h8-13,22H,5-7H2,1-4H3. The molecule has 1 aliphatic heterocycles. The first-order valence-electron chi connectivity index (χ1n) is 11.3. The van der Waals surface area contributed by atoms with E-state index < -0.39 is 6.04 Å². The molecular weight excluding hydrogens is 434 g/mol. The molecule has 0 saturated heterocycles. The van der Waals surface area contributed by atoms with Gasteiger partial charge in [0.25, 0.3) is 5.91 Å². The molecule has 7 heteroatoms. The SMILES string of the molecule is CCCc1nnc(N2C(=O)c3oc4cc(C)c(C)cc4c(=O)c3C2c2ccc(CC)cc2)s1. The lowest BCUT2D eigenvalue weighted by molar-refractivity contribution is 0.0970. The largest absolute Gasteiger partial charge is 0.450 e. The number of anilines is 1. The van der Waals surface area contributed by atoms with Gasteiger partial charge in [0.15, 0.2) is 5.43 Å². The van der Waals surface area contributed by atoms with Crippen LogP contribution in [-0.2, 0) is 12.8 Å². The first-order chi connectivity index (χ1) is 15.9. The lowest BCUT2D eigenvalue weighted by Gasteiger charge is -2.22. The zero-order chi connectivity index (χ0) is 23.3. The predicted molar refractivity (Wildman–Crippen MR) is 130 cm³/mol. The Balaban J connectivity index is 1.76. The van der Waals surface area contributed by atoms with Gasteiger partial charge in [-0.2, -0.15) is 0 Å². The highest BCUT2D eigenvalue weighted by atomic mass is 32.1. The normalized spacial score (nSPS) is 15.5. The molecule has 5 rings (SSSR count). The number of hydrogen-bond acceptors (Lipinski definition) is 6. The molecule has 1 atom stereocenters. The van der Waals surface area contributed by atoms with Crippen LogP contribution in [0.1, 0.15) is 69.7 Å². The quantitative estimate of drug-likeness (QED) is 0.392. The molecular formula is C26H25N3O3S. The maximum absolute atomic E-state index is 13.7. The molecule has 2 aromatic heterocycles. The van der Waals surface area contributed by atoms with Gasteiger partial charge in [0.1, 0.15) is 10.6 Å². The summed E-state index contributed by atoms with van der Waals surface area (Å²) in [5, 5.41) is 10.4. The van der Waals surface area contributed by atoms with Crippen LogP contribution in [0.15, 0.2) is 45.6 Å². The average Bonchev–Trinajstić information content (AvgIpc) is 3.38. The molecule has 1 aliphatic rings. The minimum atomic E-state index is -0.608. The van der Waals surface area contributed by atoms with Gasteiger partial charge in [-0.15, -0.1) is 10.2 Å². The van der Waals surface area contributed by atoms with Crippen LogP contribution in [0, 0.1) is 13.8 Å². The van der Waals surface area contributed by atoms with Gasteiger partial charge in [0, 0.05) is 6.42 Å². The van der Waals surface area contributed by atoms with Crippen molar-refractivity contribution in [1.29, 1.82) is 0 Å². The summed E-state index contributed by atoms with van der Waals surface area (Å²) < 4.78 is 6.10. The van der Waals surface area contributed by atoms with Gasteiger partial charge in [0.05, 0.1) is 17.0 Å². The first kappa shape index (κ1) is 21.5. The topological polar surface area (TPSA) is 76.3 Å². The number of aromatic nitrogens is 2. The van der Waals surface area contributed by atoms with Gasteiger partial charge in [-0.25, -0.2) is 0 Å². The molecule has 0 spiro atoms. The molecule has 4 aromatic rings. The highest BCUT2D eigenvalue weighted by Crippen LogP contribution is 2.42. The van der Waals surface area contributed by atoms with Crippen molar-refractivity contribution < 1.29 is 9.21 Å². The number of rotatable bonds is 5. The van der Waals surface area contributed by atoms with Crippen LogP contribution in [0.3, 0.4) is 0 Å². The maximum Gasteiger partial charge on any atom is 0.297 e. The monoisotopic (exact) mass is 459 g/mol. The second kappa shape index (κ2) is 8.23. The summed E-state index contributed by atoms with van der Waals surface area (Å²) in [6.45, 7) is 8.10. The Kier molecular flexibility index (Phi) is 5.37. The molecule has 0 N–H and O–H groups in total. The number of carbonyl (C=O) groups excluding carboxylic acids is 1. The highest BCUT2D eigenvalue weighted by molar-refractivity contribution is 7.15. The number of nitrogens with zero attached hydrogens (tertiary/aromatic N) is 3. The van der Waals surface area contributed by atoms with E-state index in [4.69, 9.17) is 4.42 Å². The highest BCUT2D eigenvalue weighted by Gasteiger charge is 2.45. The number of aryl methyl sites for hydroxylation is 4. The number of benzene rings is 2. The number of fused-ring (bicyclic) bond motifs is 2. The fourth-order valence-corrected chi connectivity index (χ4v) is 5.30. The Labute approximate surface area is 195 Å². The van der Waals surface area contributed by atoms with Crippen molar-refractivity contribution in [2.75, 3.05) is 4.90 Å². The van der Waals surface area contributed by atoms with Crippen molar-refractivity contribution in [1.82, 2.24) is 10.2 Å². The van der Waals surface area contributed by atoms with Crippen LogP contribution < -0.4 is 10.3 Å². The zero-order valence-electron chi connectivity index (χ0n) is 19.1. The fourth-order valence-electron chi connectivity index (χ4n) is 4.33. The van der Waals surface area contributed by atoms with Gasteiger partial charge in [-0.05, 0) is 61.1 Å². The summed E-state index contributed by atoms with van der Waals surface area (Å²) in [7, 11) is 0. The third-order valence-corrected chi connectivity index (χ3v) is 7.30. The first-order valence-corrected chi connectivity index (χ1v) is 12.1. The molecule has 0 bridgehead atoms. The van der Waals surface area contributed by atoms with Gasteiger partial charge in [0.2, 0.25) is 10.9 Å². The summed E-state index contributed by atoms with van der Waals surface area (Å²) in [5.41, 5.74) is 4.68.